The molecule has 4 heteroatoms. The summed E-state index contributed by atoms with van der Waals surface area (Å²) in [5.41, 5.74) is 3.50. The quantitative estimate of drug-likeness (QED) is 0.795. The van der Waals surface area contributed by atoms with Crippen molar-refractivity contribution in [1.82, 2.24) is 10.3 Å². The lowest BCUT2D eigenvalue weighted by molar-refractivity contribution is -0.120. The summed E-state index contributed by atoms with van der Waals surface area (Å²) in [4.78, 5) is 15.9. The summed E-state index contributed by atoms with van der Waals surface area (Å²) in [7, 11) is 0. The van der Waals surface area contributed by atoms with Crippen LogP contribution in [0.2, 0.25) is 0 Å². The van der Waals surface area contributed by atoms with E-state index >= 15 is 0 Å². The van der Waals surface area contributed by atoms with Crippen molar-refractivity contribution in [2.45, 2.75) is 19.9 Å². The van der Waals surface area contributed by atoms with Crippen LogP contribution in [0.4, 0.5) is 0 Å². The average molecular weight is 280 g/mol. The lowest BCUT2D eigenvalue weighted by Gasteiger charge is -2.07. The molecule has 0 aliphatic rings. The van der Waals surface area contributed by atoms with Crippen LogP contribution in [0.15, 0.2) is 52.9 Å². The van der Waals surface area contributed by atoms with Gasteiger partial charge >= 0.3 is 0 Å². The number of hydrogen-bond acceptors (Lipinski definition) is 3. The van der Waals surface area contributed by atoms with Gasteiger partial charge in [-0.3, -0.25) is 4.79 Å². The minimum Gasteiger partial charge on any atom is -0.436 e. The molecule has 0 aliphatic carbocycles. The standard InChI is InChI=1S/C17H16N2O2/c1-2-16(20)18-11-12-7-3-4-8-13(12)17-19-14-9-5-6-10-15(14)21-17/h3-10H,2,11H2,1H3,(H,18,20). The molecule has 1 heterocycles. The fourth-order valence-electron chi connectivity index (χ4n) is 2.19. The Labute approximate surface area is 122 Å². The highest BCUT2D eigenvalue weighted by atomic mass is 16.3. The van der Waals surface area contributed by atoms with E-state index in [1.165, 1.54) is 0 Å². The zero-order chi connectivity index (χ0) is 14.7. The Kier molecular flexibility index (Phi) is 3.69. The van der Waals surface area contributed by atoms with Gasteiger partial charge in [0.05, 0.1) is 0 Å². The SMILES string of the molecule is CCC(=O)NCc1ccccc1-c1nc2ccccc2o1. The molecule has 1 aromatic heterocycles. The molecule has 0 radical (unpaired) electrons. The average Bonchev–Trinajstić information content (AvgIpc) is 2.96. The third kappa shape index (κ3) is 2.79. The largest absolute Gasteiger partial charge is 0.436 e. The van der Waals surface area contributed by atoms with Crippen molar-refractivity contribution in [1.29, 1.82) is 0 Å². The van der Waals surface area contributed by atoms with Gasteiger partial charge in [-0.15, -0.1) is 0 Å². The Morgan fingerprint density at radius 3 is 2.71 bits per heavy atom. The molecule has 0 saturated carbocycles. The molecule has 3 aromatic rings. The molecule has 0 aliphatic heterocycles. The number of hydrogen-bond donors (Lipinski definition) is 1. The predicted molar refractivity (Wildman–Crippen MR) is 81.6 cm³/mol. The van der Waals surface area contributed by atoms with Crippen molar-refractivity contribution < 1.29 is 9.21 Å². The monoisotopic (exact) mass is 280 g/mol. The first kappa shape index (κ1) is 13.4. The summed E-state index contributed by atoms with van der Waals surface area (Å²) in [6.07, 6.45) is 0.477. The van der Waals surface area contributed by atoms with E-state index in [2.05, 4.69) is 10.3 Å². The molecule has 0 atom stereocenters. The van der Waals surface area contributed by atoms with Crippen molar-refractivity contribution in [2.75, 3.05) is 0 Å². The molecule has 0 spiro atoms. The van der Waals surface area contributed by atoms with E-state index in [9.17, 15) is 4.79 Å². The summed E-state index contributed by atoms with van der Waals surface area (Å²) >= 11 is 0. The Morgan fingerprint density at radius 2 is 1.90 bits per heavy atom. The molecular formula is C17H16N2O2. The van der Waals surface area contributed by atoms with Crippen molar-refractivity contribution in [3.05, 3.63) is 54.1 Å². The van der Waals surface area contributed by atoms with Crippen LogP contribution in [0.3, 0.4) is 0 Å². The maximum Gasteiger partial charge on any atom is 0.227 e. The Bertz CT molecular complexity index is 744. The number of nitrogens with one attached hydrogen (secondary N) is 1. The fraction of sp³-hybridized carbons (Fsp3) is 0.176. The number of aromatic nitrogens is 1. The number of benzene rings is 2. The number of para-hydroxylation sites is 2. The lowest BCUT2D eigenvalue weighted by atomic mass is 10.1. The molecule has 2 aromatic carbocycles. The van der Waals surface area contributed by atoms with Crippen molar-refractivity contribution in [3.63, 3.8) is 0 Å². The summed E-state index contributed by atoms with van der Waals surface area (Å²) in [5.74, 6) is 0.611. The second-order valence-electron chi connectivity index (χ2n) is 4.77. The minimum absolute atomic E-state index is 0.0300. The molecule has 0 unspecified atom stereocenters. The van der Waals surface area contributed by atoms with E-state index in [-0.39, 0.29) is 5.91 Å². The number of carbonyl (C=O) groups excluding carboxylic acids is 1. The molecule has 21 heavy (non-hydrogen) atoms. The van der Waals surface area contributed by atoms with Gasteiger partial charge in [0.25, 0.3) is 0 Å². The van der Waals surface area contributed by atoms with Crippen LogP contribution in [0.5, 0.6) is 0 Å². The van der Waals surface area contributed by atoms with E-state index in [1.807, 2.05) is 55.5 Å². The first-order valence-corrected chi connectivity index (χ1v) is 6.98. The highest BCUT2D eigenvalue weighted by Crippen LogP contribution is 2.26. The number of rotatable bonds is 4. The third-order valence-electron chi connectivity index (χ3n) is 3.34. The third-order valence-corrected chi connectivity index (χ3v) is 3.34. The molecule has 0 saturated heterocycles. The second-order valence-corrected chi connectivity index (χ2v) is 4.77. The van der Waals surface area contributed by atoms with Crippen LogP contribution in [-0.2, 0) is 11.3 Å². The van der Waals surface area contributed by atoms with Gasteiger partial charge in [-0.05, 0) is 23.8 Å². The molecule has 4 nitrogen and oxygen atoms in total. The number of nitrogens with zero attached hydrogens (tertiary/aromatic N) is 1. The van der Waals surface area contributed by atoms with E-state index in [0.29, 0.717) is 18.9 Å². The Balaban J connectivity index is 1.96. The van der Waals surface area contributed by atoms with Gasteiger partial charge in [0, 0.05) is 18.5 Å². The molecule has 0 bridgehead atoms. The van der Waals surface area contributed by atoms with E-state index in [1.54, 1.807) is 0 Å². The number of oxazole rings is 1. The maximum absolute atomic E-state index is 11.4. The van der Waals surface area contributed by atoms with E-state index < -0.39 is 0 Å². The lowest BCUT2D eigenvalue weighted by Crippen LogP contribution is -2.21. The van der Waals surface area contributed by atoms with Crippen molar-refractivity contribution >= 4 is 17.0 Å². The van der Waals surface area contributed by atoms with Crippen LogP contribution in [0, 0.1) is 0 Å². The first-order valence-electron chi connectivity index (χ1n) is 6.98. The highest BCUT2D eigenvalue weighted by molar-refractivity contribution is 5.77. The summed E-state index contributed by atoms with van der Waals surface area (Å²) in [6.45, 7) is 2.31. The zero-order valence-corrected chi connectivity index (χ0v) is 11.8. The van der Waals surface area contributed by atoms with Gasteiger partial charge in [-0.1, -0.05) is 37.3 Å². The molecule has 0 fully saturated rings. The Hall–Kier alpha value is -2.62. The zero-order valence-electron chi connectivity index (χ0n) is 11.8. The number of fused-ring (bicyclic) bond motifs is 1. The van der Waals surface area contributed by atoms with E-state index in [4.69, 9.17) is 4.42 Å². The van der Waals surface area contributed by atoms with E-state index in [0.717, 1.165) is 22.2 Å². The summed E-state index contributed by atoms with van der Waals surface area (Å²) in [6, 6.07) is 15.5. The minimum atomic E-state index is 0.0300. The van der Waals surface area contributed by atoms with Crippen molar-refractivity contribution in [3.8, 4) is 11.5 Å². The second kappa shape index (κ2) is 5.79. The van der Waals surface area contributed by atoms with Gasteiger partial charge in [-0.2, -0.15) is 0 Å². The number of amides is 1. The van der Waals surface area contributed by atoms with Crippen LogP contribution < -0.4 is 5.32 Å². The van der Waals surface area contributed by atoms with Crippen molar-refractivity contribution in [2.24, 2.45) is 0 Å². The van der Waals surface area contributed by atoms with Gasteiger partial charge < -0.3 is 9.73 Å². The maximum atomic E-state index is 11.4. The van der Waals surface area contributed by atoms with Crippen LogP contribution >= 0.6 is 0 Å². The molecule has 1 amide bonds. The fourth-order valence-corrected chi connectivity index (χ4v) is 2.19. The Morgan fingerprint density at radius 1 is 1.14 bits per heavy atom. The summed E-state index contributed by atoms with van der Waals surface area (Å²) in [5, 5.41) is 2.88. The van der Waals surface area contributed by atoms with Crippen LogP contribution in [0.25, 0.3) is 22.6 Å². The molecule has 3 rings (SSSR count). The van der Waals surface area contributed by atoms with Crippen LogP contribution in [0.1, 0.15) is 18.9 Å². The smallest absolute Gasteiger partial charge is 0.227 e. The molecular weight excluding hydrogens is 264 g/mol. The normalized spacial score (nSPS) is 10.7. The van der Waals surface area contributed by atoms with Gasteiger partial charge in [0.1, 0.15) is 5.52 Å². The molecule has 106 valence electrons. The topological polar surface area (TPSA) is 55.1 Å². The predicted octanol–water partition coefficient (Wildman–Crippen LogP) is 3.52. The van der Waals surface area contributed by atoms with Gasteiger partial charge in [0.15, 0.2) is 5.58 Å². The van der Waals surface area contributed by atoms with Gasteiger partial charge in [-0.25, -0.2) is 4.98 Å². The number of carbonyl (C=O) groups is 1. The summed E-state index contributed by atoms with van der Waals surface area (Å²) < 4.78 is 5.80. The van der Waals surface area contributed by atoms with Crippen LogP contribution in [-0.4, -0.2) is 10.9 Å². The molecule has 1 N–H and O–H groups in total. The highest BCUT2D eigenvalue weighted by Gasteiger charge is 2.12. The van der Waals surface area contributed by atoms with Gasteiger partial charge in [0.2, 0.25) is 11.8 Å². The first-order chi connectivity index (χ1) is 10.3.